The topological polar surface area (TPSA) is 92.9 Å². The molecule has 0 bridgehead atoms. The minimum atomic E-state index is -0.875. The monoisotopic (exact) mass is 294 g/mol. The van der Waals surface area contributed by atoms with Gasteiger partial charge in [-0.05, 0) is 19.5 Å². The molecule has 2 atom stereocenters. The van der Waals surface area contributed by atoms with Gasteiger partial charge in [-0.25, -0.2) is 0 Å². The molecule has 0 aliphatic carbocycles. The van der Waals surface area contributed by atoms with Crippen molar-refractivity contribution in [3.8, 4) is 0 Å². The van der Waals surface area contributed by atoms with Crippen LogP contribution in [0.4, 0.5) is 5.69 Å². The van der Waals surface area contributed by atoms with Gasteiger partial charge in [0.05, 0.1) is 24.1 Å². The quantitative estimate of drug-likeness (QED) is 0.652. The van der Waals surface area contributed by atoms with E-state index in [1.54, 1.807) is 13.0 Å². The largest absolute Gasteiger partial charge is 0.481 e. The number of rotatable bonds is 5. The summed E-state index contributed by atoms with van der Waals surface area (Å²) < 4.78 is 5.25. The van der Waals surface area contributed by atoms with Crippen molar-refractivity contribution in [1.29, 1.82) is 0 Å². The summed E-state index contributed by atoms with van der Waals surface area (Å²) in [7, 11) is 1.81. The van der Waals surface area contributed by atoms with E-state index in [2.05, 4.69) is 0 Å². The van der Waals surface area contributed by atoms with Crippen LogP contribution in [0.3, 0.4) is 0 Å². The molecule has 2 rings (SSSR count). The first-order chi connectivity index (χ1) is 9.91. The molecule has 1 aromatic rings. The number of carboxylic acids is 1. The first kappa shape index (κ1) is 15.4. The molecule has 0 spiro atoms. The van der Waals surface area contributed by atoms with E-state index in [1.807, 2.05) is 18.0 Å². The zero-order valence-electron chi connectivity index (χ0n) is 12.0. The Morgan fingerprint density at radius 2 is 2.24 bits per heavy atom. The second kappa shape index (κ2) is 6.19. The predicted molar refractivity (Wildman–Crippen MR) is 75.0 cm³/mol. The number of nitrogens with zero attached hydrogens (tertiary/aromatic N) is 2. The molecule has 0 aromatic heterocycles. The number of carbonyl (C=O) groups is 1. The Balaban J connectivity index is 2.16. The van der Waals surface area contributed by atoms with Gasteiger partial charge >= 0.3 is 5.97 Å². The first-order valence-electron chi connectivity index (χ1n) is 6.65. The van der Waals surface area contributed by atoms with Crippen LogP contribution in [0, 0.1) is 23.0 Å². The molecule has 1 aliphatic heterocycles. The summed E-state index contributed by atoms with van der Waals surface area (Å²) in [5.41, 5.74) is 1.52. The number of likely N-dealkylation sites (N-methyl/N-ethyl adjacent to an activating group) is 1. The lowest BCUT2D eigenvalue weighted by Crippen LogP contribution is -2.40. The summed E-state index contributed by atoms with van der Waals surface area (Å²) in [6, 6.07) is 4.72. The molecule has 21 heavy (non-hydrogen) atoms. The highest BCUT2D eigenvalue weighted by atomic mass is 16.6. The maximum absolute atomic E-state index is 11.2. The van der Waals surface area contributed by atoms with Gasteiger partial charge in [-0.1, -0.05) is 12.1 Å². The van der Waals surface area contributed by atoms with Crippen LogP contribution in [0.25, 0.3) is 0 Å². The Morgan fingerprint density at radius 3 is 2.86 bits per heavy atom. The molecule has 1 fully saturated rings. The van der Waals surface area contributed by atoms with Crippen molar-refractivity contribution >= 4 is 11.7 Å². The molecule has 2 unspecified atom stereocenters. The molecule has 114 valence electrons. The highest BCUT2D eigenvalue weighted by Gasteiger charge is 2.36. The van der Waals surface area contributed by atoms with Crippen molar-refractivity contribution < 1.29 is 19.6 Å². The van der Waals surface area contributed by atoms with Crippen molar-refractivity contribution in [2.24, 2.45) is 5.92 Å². The van der Waals surface area contributed by atoms with E-state index >= 15 is 0 Å². The van der Waals surface area contributed by atoms with Crippen LogP contribution in [-0.4, -0.2) is 47.2 Å². The summed E-state index contributed by atoms with van der Waals surface area (Å²) in [5, 5.41) is 20.1. The van der Waals surface area contributed by atoms with E-state index < -0.39 is 16.8 Å². The summed E-state index contributed by atoms with van der Waals surface area (Å²) in [6.45, 7) is 2.73. The van der Waals surface area contributed by atoms with E-state index in [-0.39, 0.29) is 18.3 Å². The van der Waals surface area contributed by atoms with Gasteiger partial charge in [0.2, 0.25) is 0 Å². The fourth-order valence-corrected chi connectivity index (χ4v) is 2.64. The Hall–Kier alpha value is -1.99. The number of hydrogen-bond donors (Lipinski definition) is 1. The molecule has 1 saturated heterocycles. The minimum absolute atomic E-state index is 0.0818. The predicted octanol–water partition coefficient (Wildman–Crippen LogP) is 1.43. The SMILES string of the molecule is Cc1c(CN(C)C2COCC2C(=O)O)cccc1[N+](=O)[O-]. The number of nitro groups is 1. The Morgan fingerprint density at radius 1 is 1.52 bits per heavy atom. The van der Waals surface area contributed by atoms with Crippen molar-refractivity contribution in [1.82, 2.24) is 4.90 Å². The number of benzene rings is 1. The Labute approximate surface area is 122 Å². The molecule has 0 amide bonds. The highest BCUT2D eigenvalue weighted by Crippen LogP contribution is 2.25. The van der Waals surface area contributed by atoms with Crippen molar-refractivity contribution in [3.63, 3.8) is 0 Å². The number of aliphatic carboxylic acids is 1. The zero-order chi connectivity index (χ0) is 15.6. The minimum Gasteiger partial charge on any atom is -0.481 e. The molecule has 1 aliphatic rings. The molecule has 1 heterocycles. The molecule has 7 heteroatoms. The first-order valence-corrected chi connectivity index (χ1v) is 6.65. The fourth-order valence-electron chi connectivity index (χ4n) is 2.64. The van der Waals surface area contributed by atoms with Gasteiger partial charge in [-0.3, -0.25) is 19.8 Å². The van der Waals surface area contributed by atoms with Crippen molar-refractivity contribution in [2.45, 2.75) is 19.5 Å². The van der Waals surface area contributed by atoms with E-state index in [9.17, 15) is 20.0 Å². The summed E-state index contributed by atoms with van der Waals surface area (Å²) >= 11 is 0. The summed E-state index contributed by atoms with van der Waals surface area (Å²) in [6.07, 6.45) is 0. The van der Waals surface area contributed by atoms with Gasteiger partial charge in [0.25, 0.3) is 5.69 Å². The molecular formula is C14H18N2O5. The third-order valence-corrected chi connectivity index (χ3v) is 3.97. The van der Waals surface area contributed by atoms with Gasteiger partial charge in [-0.15, -0.1) is 0 Å². The number of nitro benzene ring substituents is 1. The summed E-state index contributed by atoms with van der Waals surface area (Å²) in [5.74, 6) is -1.44. The molecule has 0 saturated carbocycles. The Kier molecular flexibility index (Phi) is 4.54. The van der Waals surface area contributed by atoms with Crippen molar-refractivity contribution in [3.05, 3.63) is 39.4 Å². The third-order valence-electron chi connectivity index (χ3n) is 3.97. The Bertz CT molecular complexity index is 560. The molecule has 7 nitrogen and oxygen atoms in total. The van der Waals surface area contributed by atoms with Crippen LogP contribution in [0.2, 0.25) is 0 Å². The highest BCUT2D eigenvalue weighted by molar-refractivity contribution is 5.71. The average Bonchev–Trinajstić information content (AvgIpc) is 2.90. The normalized spacial score (nSPS) is 21.7. The van der Waals surface area contributed by atoms with Crippen LogP contribution >= 0.6 is 0 Å². The molecule has 1 N–H and O–H groups in total. The molecule has 0 radical (unpaired) electrons. The smallest absolute Gasteiger partial charge is 0.310 e. The van der Waals surface area contributed by atoms with Gasteiger partial charge < -0.3 is 9.84 Å². The van der Waals surface area contributed by atoms with E-state index in [0.717, 1.165) is 5.56 Å². The number of carboxylic acid groups (broad SMARTS) is 1. The van der Waals surface area contributed by atoms with E-state index in [1.165, 1.54) is 6.07 Å². The maximum Gasteiger partial charge on any atom is 0.310 e. The van der Waals surface area contributed by atoms with Gasteiger partial charge in [0, 0.05) is 24.2 Å². The zero-order valence-corrected chi connectivity index (χ0v) is 12.0. The van der Waals surface area contributed by atoms with Gasteiger partial charge in [0.15, 0.2) is 0 Å². The lowest BCUT2D eigenvalue weighted by Gasteiger charge is -2.26. The molecular weight excluding hydrogens is 276 g/mol. The van der Waals surface area contributed by atoms with E-state index in [0.29, 0.717) is 18.7 Å². The number of hydrogen-bond acceptors (Lipinski definition) is 5. The lowest BCUT2D eigenvalue weighted by molar-refractivity contribution is -0.385. The standard InChI is InChI=1S/C14H18N2O5/c1-9-10(4-3-5-12(9)16(19)20)6-15(2)13-8-21-7-11(13)14(17)18/h3-5,11,13H,6-8H2,1-2H3,(H,17,18). The van der Waals surface area contributed by atoms with E-state index in [4.69, 9.17) is 4.74 Å². The van der Waals surface area contributed by atoms with Crippen LogP contribution in [0.15, 0.2) is 18.2 Å². The van der Waals surface area contributed by atoms with Crippen LogP contribution < -0.4 is 0 Å². The lowest BCUT2D eigenvalue weighted by atomic mass is 10.0. The van der Waals surface area contributed by atoms with Crippen molar-refractivity contribution in [2.75, 3.05) is 20.3 Å². The van der Waals surface area contributed by atoms with Gasteiger partial charge in [-0.2, -0.15) is 0 Å². The number of ether oxygens (including phenoxy) is 1. The fraction of sp³-hybridized carbons (Fsp3) is 0.500. The van der Waals surface area contributed by atoms with Crippen LogP contribution in [0.1, 0.15) is 11.1 Å². The van der Waals surface area contributed by atoms with Crippen LogP contribution in [0.5, 0.6) is 0 Å². The van der Waals surface area contributed by atoms with Crippen LogP contribution in [-0.2, 0) is 16.1 Å². The van der Waals surface area contributed by atoms with Gasteiger partial charge in [0.1, 0.15) is 0 Å². The average molecular weight is 294 g/mol. The second-order valence-electron chi connectivity index (χ2n) is 5.28. The maximum atomic E-state index is 11.2. The third kappa shape index (κ3) is 3.20. The second-order valence-corrected chi connectivity index (χ2v) is 5.28. The molecule has 1 aromatic carbocycles. The summed E-state index contributed by atoms with van der Waals surface area (Å²) in [4.78, 5) is 23.6.